The van der Waals surface area contributed by atoms with Crippen LogP contribution in [0, 0.1) is 0 Å². The summed E-state index contributed by atoms with van der Waals surface area (Å²) in [5.74, 6) is 0.434. The fraction of sp³-hybridized carbons (Fsp3) is 0.500. The molecule has 0 amide bonds. The number of carbonyl (C=O) groups is 1. The SMILES string of the molecule is CCOP(=O)(OCC)Oc1ccc2c(c1)C(=O)CCC2. The third kappa shape index (κ3) is 3.48. The van der Waals surface area contributed by atoms with E-state index >= 15 is 0 Å². The van der Waals surface area contributed by atoms with Crippen LogP contribution < -0.4 is 4.52 Å². The summed E-state index contributed by atoms with van der Waals surface area (Å²) in [5.41, 5.74) is 1.66. The Hall–Kier alpha value is -1.16. The van der Waals surface area contributed by atoms with Gasteiger partial charge in [-0.05, 0) is 44.4 Å². The van der Waals surface area contributed by atoms with Gasteiger partial charge in [-0.1, -0.05) is 6.07 Å². The van der Waals surface area contributed by atoms with Gasteiger partial charge in [0.05, 0.1) is 13.2 Å². The lowest BCUT2D eigenvalue weighted by atomic mass is 9.91. The summed E-state index contributed by atoms with van der Waals surface area (Å²) in [6.07, 6.45) is 2.31. The van der Waals surface area contributed by atoms with E-state index in [9.17, 15) is 9.36 Å². The number of phosphoric ester groups is 1. The Bertz CT molecular complexity index is 530. The molecule has 1 aromatic rings. The summed E-state index contributed by atoms with van der Waals surface area (Å²) < 4.78 is 27.8. The number of fused-ring (bicyclic) bond motifs is 1. The van der Waals surface area contributed by atoms with Crippen LogP contribution in [0.4, 0.5) is 0 Å². The van der Waals surface area contributed by atoms with Crippen LogP contribution in [0.25, 0.3) is 0 Å². The number of hydrogen-bond donors (Lipinski definition) is 0. The van der Waals surface area contributed by atoms with Crippen LogP contribution in [-0.4, -0.2) is 19.0 Å². The van der Waals surface area contributed by atoms with Gasteiger partial charge in [0.1, 0.15) is 5.75 Å². The molecule has 0 bridgehead atoms. The Morgan fingerprint density at radius 1 is 1.15 bits per heavy atom. The highest BCUT2D eigenvalue weighted by Crippen LogP contribution is 2.49. The summed E-state index contributed by atoms with van der Waals surface area (Å²) in [4.78, 5) is 11.9. The zero-order chi connectivity index (χ0) is 14.6. The summed E-state index contributed by atoms with van der Waals surface area (Å²) in [6, 6.07) is 5.16. The minimum Gasteiger partial charge on any atom is -0.404 e. The van der Waals surface area contributed by atoms with Gasteiger partial charge in [0, 0.05) is 12.0 Å². The second-order valence-electron chi connectivity index (χ2n) is 4.47. The largest absolute Gasteiger partial charge is 0.530 e. The number of ketones is 1. The highest BCUT2D eigenvalue weighted by atomic mass is 31.2. The molecule has 110 valence electrons. The van der Waals surface area contributed by atoms with E-state index in [0.717, 1.165) is 18.4 Å². The molecule has 0 aliphatic heterocycles. The monoisotopic (exact) mass is 298 g/mol. The van der Waals surface area contributed by atoms with Crippen molar-refractivity contribution in [1.82, 2.24) is 0 Å². The molecule has 5 nitrogen and oxygen atoms in total. The first-order chi connectivity index (χ1) is 9.58. The van der Waals surface area contributed by atoms with Gasteiger partial charge in [0.2, 0.25) is 0 Å². The molecule has 0 fully saturated rings. The average Bonchev–Trinajstić information content (AvgIpc) is 2.40. The Labute approximate surface area is 118 Å². The topological polar surface area (TPSA) is 61.8 Å². The second-order valence-corrected chi connectivity index (χ2v) is 6.06. The van der Waals surface area contributed by atoms with E-state index in [2.05, 4.69) is 0 Å². The Morgan fingerprint density at radius 2 is 1.85 bits per heavy atom. The molecular weight excluding hydrogens is 279 g/mol. The normalized spacial score (nSPS) is 15.0. The summed E-state index contributed by atoms with van der Waals surface area (Å²) in [5, 5.41) is 0. The number of carbonyl (C=O) groups excluding carboxylic acids is 1. The van der Waals surface area contributed by atoms with E-state index in [4.69, 9.17) is 13.6 Å². The lowest BCUT2D eigenvalue weighted by Gasteiger charge is -2.19. The number of phosphoric acid groups is 1. The molecule has 0 saturated heterocycles. The minimum absolute atomic E-state index is 0.0966. The van der Waals surface area contributed by atoms with Gasteiger partial charge in [0.25, 0.3) is 0 Å². The summed E-state index contributed by atoms with van der Waals surface area (Å²) in [7, 11) is -3.61. The molecular formula is C14H19O5P. The fourth-order valence-corrected chi connectivity index (χ4v) is 3.38. The number of aryl methyl sites for hydroxylation is 1. The van der Waals surface area contributed by atoms with Crippen LogP contribution in [0.15, 0.2) is 18.2 Å². The van der Waals surface area contributed by atoms with Crippen molar-refractivity contribution < 1.29 is 22.9 Å². The standard InChI is InChI=1S/C14H19O5P/c1-3-17-20(16,18-4-2)19-12-9-8-11-6-5-7-14(15)13(11)10-12/h8-10H,3-7H2,1-2H3. The van der Waals surface area contributed by atoms with Crippen molar-refractivity contribution in [2.24, 2.45) is 0 Å². The molecule has 0 radical (unpaired) electrons. The van der Waals surface area contributed by atoms with E-state index in [1.54, 1.807) is 26.0 Å². The maximum Gasteiger partial charge on any atom is 0.530 e. The molecule has 0 aromatic heterocycles. The van der Waals surface area contributed by atoms with Gasteiger partial charge >= 0.3 is 7.82 Å². The number of rotatable bonds is 6. The van der Waals surface area contributed by atoms with Crippen LogP contribution in [-0.2, 0) is 20.0 Å². The Kier molecular flexibility index (Phi) is 4.97. The molecule has 0 saturated carbocycles. The van der Waals surface area contributed by atoms with Gasteiger partial charge in [-0.25, -0.2) is 4.57 Å². The average molecular weight is 298 g/mol. The highest BCUT2D eigenvalue weighted by Gasteiger charge is 2.28. The minimum atomic E-state index is -3.61. The van der Waals surface area contributed by atoms with E-state index in [1.165, 1.54) is 0 Å². The van der Waals surface area contributed by atoms with E-state index in [1.807, 2.05) is 6.07 Å². The van der Waals surface area contributed by atoms with Crippen molar-refractivity contribution >= 4 is 13.6 Å². The van der Waals surface area contributed by atoms with Crippen molar-refractivity contribution in [2.75, 3.05) is 13.2 Å². The molecule has 1 aliphatic rings. The molecule has 2 rings (SSSR count). The van der Waals surface area contributed by atoms with Crippen LogP contribution >= 0.6 is 7.82 Å². The van der Waals surface area contributed by atoms with Crippen LogP contribution in [0.5, 0.6) is 5.75 Å². The zero-order valence-corrected chi connectivity index (χ0v) is 12.7. The molecule has 0 N–H and O–H groups in total. The van der Waals surface area contributed by atoms with Gasteiger partial charge < -0.3 is 4.52 Å². The van der Waals surface area contributed by atoms with Gasteiger partial charge in [0.15, 0.2) is 5.78 Å². The first-order valence-corrected chi connectivity index (χ1v) is 8.29. The molecule has 6 heteroatoms. The predicted octanol–water partition coefficient (Wildman–Crippen LogP) is 3.77. The number of Topliss-reactive ketones (excluding diaryl/α,β-unsaturated/α-hetero) is 1. The number of hydrogen-bond acceptors (Lipinski definition) is 5. The van der Waals surface area contributed by atoms with E-state index < -0.39 is 7.82 Å². The summed E-state index contributed by atoms with van der Waals surface area (Å²) >= 11 is 0. The van der Waals surface area contributed by atoms with Crippen molar-refractivity contribution in [2.45, 2.75) is 33.1 Å². The third-order valence-electron chi connectivity index (χ3n) is 3.02. The van der Waals surface area contributed by atoms with E-state index in [0.29, 0.717) is 17.7 Å². The number of benzene rings is 1. The Balaban J connectivity index is 2.23. The van der Waals surface area contributed by atoms with Crippen molar-refractivity contribution in [3.8, 4) is 5.75 Å². The van der Waals surface area contributed by atoms with Crippen LogP contribution in [0.2, 0.25) is 0 Å². The molecule has 0 atom stereocenters. The lowest BCUT2D eigenvalue weighted by molar-refractivity contribution is 0.0971. The quantitative estimate of drug-likeness (QED) is 0.748. The third-order valence-corrected chi connectivity index (χ3v) is 4.61. The maximum atomic E-state index is 12.3. The Morgan fingerprint density at radius 3 is 2.50 bits per heavy atom. The zero-order valence-electron chi connectivity index (χ0n) is 11.8. The molecule has 20 heavy (non-hydrogen) atoms. The molecule has 0 heterocycles. The van der Waals surface area contributed by atoms with Gasteiger partial charge in [-0.15, -0.1) is 0 Å². The highest BCUT2D eigenvalue weighted by molar-refractivity contribution is 7.48. The maximum absolute atomic E-state index is 12.3. The predicted molar refractivity (Wildman–Crippen MR) is 75.2 cm³/mol. The first-order valence-electron chi connectivity index (χ1n) is 6.83. The summed E-state index contributed by atoms with van der Waals surface area (Å²) in [6.45, 7) is 3.87. The molecule has 1 aromatic carbocycles. The van der Waals surface area contributed by atoms with Crippen molar-refractivity contribution in [3.05, 3.63) is 29.3 Å². The molecule has 0 spiro atoms. The van der Waals surface area contributed by atoms with Crippen molar-refractivity contribution in [3.63, 3.8) is 0 Å². The van der Waals surface area contributed by atoms with Crippen molar-refractivity contribution in [1.29, 1.82) is 0 Å². The lowest BCUT2D eigenvalue weighted by Crippen LogP contribution is -2.11. The van der Waals surface area contributed by atoms with Crippen LogP contribution in [0.3, 0.4) is 0 Å². The van der Waals surface area contributed by atoms with Gasteiger partial charge in [-0.3, -0.25) is 13.8 Å². The first kappa shape index (κ1) is 15.2. The molecule has 1 aliphatic carbocycles. The van der Waals surface area contributed by atoms with Crippen LogP contribution in [0.1, 0.15) is 42.6 Å². The fourth-order valence-electron chi connectivity index (χ4n) is 2.20. The van der Waals surface area contributed by atoms with E-state index in [-0.39, 0.29) is 19.0 Å². The van der Waals surface area contributed by atoms with Gasteiger partial charge in [-0.2, -0.15) is 0 Å². The molecule has 0 unspecified atom stereocenters. The second kappa shape index (κ2) is 6.53. The smallest absolute Gasteiger partial charge is 0.404 e.